The highest BCUT2D eigenvalue weighted by molar-refractivity contribution is 6.34. The summed E-state index contributed by atoms with van der Waals surface area (Å²) in [6.45, 7) is 2.23. The number of anilines is 3. The standard InChI is InChI=1S/C19H20ClN5/c1-12-6-5-9-14(10-12)22-16-15(20)11-21-18-17(16)24-19(25-18)23-13-7-3-2-4-8-13/h2-8,11-12,14H,9-10H2,1H3,(H3,21,22,23,24,25). The van der Waals surface area contributed by atoms with Gasteiger partial charge in [0.05, 0.1) is 16.9 Å². The van der Waals surface area contributed by atoms with Gasteiger partial charge in [-0.2, -0.15) is 4.98 Å². The molecule has 0 saturated heterocycles. The van der Waals surface area contributed by atoms with Crippen LogP contribution in [-0.4, -0.2) is 21.0 Å². The van der Waals surface area contributed by atoms with Gasteiger partial charge in [0.25, 0.3) is 0 Å². The lowest BCUT2D eigenvalue weighted by Crippen LogP contribution is -2.24. The molecule has 2 heterocycles. The molecule has 5 nitrogen and oxygen atoms in total. The highest BCUT2D eigenvalue weighted by atomic mass is 35.5. The molecule has 0 radical (unpaired) electrons. The molecule has 2 aromatic heterocycles. The van der Waals surface area contributed by atoms with E-state index in [0.717, 1.165) is 29.7 Å². The number of rotatable bonds is 4. The Kier molecular flexibility index (Phi) is 4.32. The predicted molar refractivity (Wildman–Crippen MR) is 104 cm³/mol. The maximum absolute atomic E-state index is 6.42. The number of aromatic amines is 1. The minimum absolute atomic E-state index is 0.358. The fourth-order valence-corrected chi connectivity index (χ4v) is 3.41. The maximum Gasteiger partial charge on any atom is 0.207 e. The van der Waals surface area contributed by atoms with Gasteiger partial charge in [-0.05, 0) is 30.9 Å². The molecule has 1 aliphatic rings. The Labute approximate surface area is 151 Å². The number of aromatic nitrogens is 3. The summed E-state index contributed by atoms with van der Waals surface area (Å²) < 4.78 is 0. The van der Waals surface area contributed by atoms with Crippen LogP contribution in [-0.2, 0) is 0 Å². The molecule has 6 heteroatoms. The molecule has 2 atom stereocenters. The van der Waals surface area contributed by atoms with Crippen LogP contribution < -0.4 is 10.6 Å². The van der Waals surface area contributed by atoms with Crippen LogP contribution in [0.1, 0.15) is 19.8 Å². The number of nitrogens with one attached hydrogen (secondary N) is 3. The summed E-state index contributed by atoms with van der Waals surface area (Å²) in [6, 6.07) is 10.3. The highest BCUT2D eigenvalue weighted by Crippen LogP contribution is 2.32. The topological polar surface area (TPSA) is 65.6 Å². The van der Waals surface area contributed by atoms with Crippen LogP contribution in [0.2, 0.25) is 5.02 Å². The lowest BCUT2D eigenvalue weighted by Gasteiger charge is -2.24. The quantitative estimate of drug-likeness (QED) is 0.569. The van der Waals surface area contributed by atoms with Crippen molar-refractivity contribution in [2.24, 2.45) is 5.92 Å². The number of halogens is 1. The summed E-state index contributed by atoms with van der Waals surface area (Å²) in [4.78, 5) is 12.2. The van der Waals surface area contributed by atoms with Gasteiger partial charge in [-0.15, -0.1) is 0 Å². The molecule has 3 N–H and O–H groups in total. The molecule has 4 rings (SSSR count). The molecule has 128 valence electrons. The van der Waals surface area contributed by atoms with E-state index < -0.39 is 0 Å². The molecule has 0 aliphatic heterocycles. The molecular formula is C19H20ClN5. The second kappa shape index (κ2) is 6.76. The summed E-state index contributed by atoms with van der Waals surface area (Å²) >= 11 is 6.42. The van der Waals surface area contributed by atoms with Gasteiger partial charge < -0.3 is 15.6 Å². The third-order valence-electron chi connectivity index (χ3n) is 4.40. The van der Waals surface area contributed by atoms with Crippen molar-refractivity contribution in [3.05, 3.63) is 53.7 Å². The van der Waals surface area contributed by atoms with Crippen LogP contribution in [0.3, 0.4) is 0 Å². The first-order chi connectivity index (χ1) is 12.2. The molecule has 3 aromatic rings. The molecule has 1 aromatic carbocycles. The van der Waals surface area contributed by atoms with E-state index in [9.17, 15) is 0 Å². The van der Waals surface area contributed by atoms with Gasteiger partial charge in [0, 0.05) is 11.7 Å². The number of para-hydroxylation sites is 1. The average molecular weight is 354 g/mol. The van der Waals surface area contributed by atoms with E-state index >= 15 is 0 Å². The molecular weight excluding hydrogens is 334 g/mol. The second-order valence-electron chi connectivity index (χ2n) is 6.47. The molecule has 25 heavy (non-hydrogen) atoms. The van der Waals surface area contributed by atoms with Crippen molar-refractivity contribution in [1.82, 2.24) is 15.0 Å². The van der Waals surface area contributed by atoms with Crippen LogP contribution in [0.5, 0.6) is 0 Å². The molecule has 0 fully saturated rings. The molecule has 1 aliphatic carbocycles. The first-order valence-electron chi connectivity index (χ1n) is 8.48. The predicted octanol–water partition coefficient (Wildman–Crippen LogP) is 5.12. The van der Waals surface area contributed by atoms with Crippen LogP contribution in [0.15, 0.2) is 48.7 Å². The summed E-state index contributed by atoms with van der Waals surface area (Å²) in [5.41, 5.74) is 3.30. The summed E-state index contributed by atoms with van der Waals surface area (Å²) in [6.07, 6.45) is 8.22. The Bertz CT molecular complexity index is 903. The van der Waals surface area contributed by atoms with E-state index in [2.05, 4.69) is 44.7 Å². The van der Waals surface area contributed by atoms with Crippen molar-refractivity contribution in [1.29, 1.82) is 0 Å². The highest BCUT2D eigenvalue weighted by Gasteiger charge is 2.19. The largest absolute Gasteiger partial charge is 0.379 e. The number of hydrogen-bond donors (Lipinski definition) is 3. The maximum atomic E-state index is 6.42. The number of nitrogens with zero attached hydrogens (tertiary/aromatic N) is 2. The van der Waals surface area contributed by atoms with E-state index in [1.165, 1.54) is 0 Å². The summed E-state index contributed by atoms with van der Waals surface area (Å²) in [5, 5.41) is 7.44. The normalized spacial score (nSPS) is 19.9. The number of fused-ring (bicyclic) bond motifs is 1. The minimum Gasteiger partial charge on any atom is -0.379 e. The number of benzene rings is 1. The van der Waals surface area contributed by atoms with Gasteiger partial charge in [0.15, 0.2) is 5.65 Å². The van der Waals surface area contributed by atoms with Gasteiger partial charge in [-0.1, -0.05) is 48.9 Å². The fraction of sp³-hybridized carbons (Fsp3) is 0.263. The number of pyridine rings is 1. The molecule has 0 bridgehead atoms. The van der Waals surface area contributed by atoms with Crippen molar-refractivity contribution >= 4 is 40.1 Å². The van der Waals surface area contributed by atoms with Gasteiger partial charge in [0.1, 0.15) is 5.52 Å². The smallest absolute Gasteiger partial charge is 0.207 e. The molecule has 0 amide bonds. The van der Waals surface area contributed by atoms with Crippen molar-refractivity contribution in [3.8, 4) is 0 Å². The van der Waals surface area contributed by atoms with Gasteiger partial charge >= 0.3 is 0 Å². The van der Waals surface area contributed by atoms with Crippen molar-refractivity contribution in [3.63, 3.8) is 0 Å². The first-order valence-corrected chi connectivity index (χ1v) is 8.86. The monoisotopic (exact) mass is 353 g/mol. The number of allylic oxidation sites excluding steroid dienone is 1. The Balaban J connectivity index is 1.64. The molecule has 2 unspecified atom stereocenters. The molecule has 0 spiro atoms. The third kappa shape index (κ3) is 3.46. The lowest BCUT2D eigenvalue weighted by atomic mass is 9.93. The van der Waals surface area contributed by atoms with E-state index in [0.29, 0.717) is 28.6 Å². The minimum atomic E-state index is 0.358. The average Bonchev–Trinajstić information content (AvgIpc) is 3.01. The number of imidazole rings is 1. The Morgan fingerprint density at radius 1 is 1.24 bits per heavy atom. The zero-order chi connectivity index (χ0) is 17.2. The first kappa shape index (κ1) is 16.0. The van der Waals surface area contributed by atoms with Crippen LogP contribution in [0.25, 0.3) is 11.2 Å². The van der Waals surface area contributed by atoms with Crippen LogP contribution >= 0.6 is 11.6 Å². The van der Waals surface area contributed by atoms with E-state index in [1.54, 1.807) is 6.20 Å². The van der Waals surface area contributed by atoms with Gasteiger partial charge in [0.2, 0.25) is 5.95 Å². The SMILES string of the molecule is CC1C=CCC(Nc2c(Cl)cnc3nc(Nc4ccccc4)[nH]c23)C1. The third-order valence-corrected chi connectivity index (χ3v) is 4.69. The second-order valence-corrected chi connectivity index (χ2v) is 6.88. The zero-order valence-corrected chi connectivity index (χ0v) is 14.7. The summed E-state index contributed by atoms with van der Waals surface area (Å²) in [5.74, 6) is 1.22. The Hall–Kier alpha value is -2.53. The van der Waals surface area contributed by atoms with Crippen molar-refractivity contribution in [2.75, 3.05) is 10.6 Å². The number of H-pyrrole nitrogens is 1. The molecule has 0 saturated carbocycles. The zero-order valence-electron chi connectivity index (χ0n) is 14.0. The van der Waals surface area contributed by atoms with Crippen molar-refractivity contribution < 1.29 is 0 Å². The Morgan fingerprint density at radius 3 is 2.88 bits per heavy atom. The van der Waals surface area contributed by atoms with E-state index in [-0.39, 0.29) is 0 Å². The van der Waals surface area contributed by atoms with E-state index in [1.807, 2.05) is 30.3 Å². The van der Waals surface area contributed by atoms with E-state index in [4.69, 9.17) is 11.6 Å². The summed E-state index contributed by atoms with van der Waals surface area (Å²) in [7, 11) is 0. The lowest BCUT2D eigenvalue weighted by molar-refractivity contribution is 0.536. The number of hydrogen-bond acceptors (Lipinski definition) is 4. The van der Waals surface area contributed by atoms with Gasteiger partial charge in [-0.25, -0.2) is 4.98 Å². The van der Waals surface area contributed by atoms with Crippen molar-refractivity contribution in [2.45, 2.75) is 25.8 Å². The van der Waals surface area contributed by atoms with Crippen LogP contribution in [0.4, 0.5) is 17.3 Å². The Morgan fingerprint density at radius 2 is 2.08 bits per heavy atom. The van der Waals surface area contributed by atoms with Crippen LogP contribution in [0, 0.1) is 5.92 Å². The fourth-order valence-electron chi connectivity index (χ4n) is 3.21. The van der Waals surface area contributed by atoms with Gasteiger partial charge in [-0.3, -0.25) is 0 Å².